The van der Waals surface area contributed by atoms with Crippen LogP contribution in [0, 0.1) is 12.8 Å². The summed E-state index contributed by atoms with van der Waals surface area (Å²) in [6, 6.07) is 12.4. The number of benzene rings is 2. The minimum absolute atomic E-state index is 0.143. The molecule has 1 fully saturated rings. The number of hydrogen-bond donors (Lipinski definition) is 0. The first kappa shape index (κ1) is 17.4. The maximum atomic E-state index is 14.0. The van der Waals surface area contributed by atoms with E-state index in [9.17, 15) is 4.79 Å². The highest BCUT2D eigenvalue weighted by molar-refractivity contribution is 7.18. The van der Waals surface area contributed by atoms with Gasteiger partial charge in [0, 0.05) is 37.1 Å². The quantitative estimate of drug-likeness (QED) is 0.644. The van der Waals surface area contributed by atoms with Gasteiger partial charge in [0.15, 0.2) is 0 Å². The van der Waals surface area contributed by atoms with Crippen LogP contribution >= 0.6 is 11.3 Å². The first-order valence-corrected chi connectivity index (χ1v) is 11.0. The first-order chi connectivity index (χ1) is 14.2. The third-order valence-electron chi connectivity index (χ3n) is 6.55. The van der Waals surface area contributed by atoms with E-state index in [-0.39, 0.29) is 5.91 Å². The van der Waals surface area contributed by atoms with Crippen molar-refractivity contribution in [1.29, 1.82) is 0 Å². The maximum Gasteiger partial charge on any atom is 0.245 e. The molecule has 4 heterocycles. The molecule has 0 radical (unpaired) electrons. The Morgan fingerprint density at radius 3 is 2.90 bits per heavy atom. The van der Waals surface area contributed by atoms with E-state index in [2.05, 4.69) is 23.2 Å². The van der Waals surface area contributed by atoms with E-state index >= 15 is 0 Å². The molecule has 3 aliphatic rings. The molecule has 3 aliphatic heterocycles. The molecular weight excluding hydrogens is 384 g/mol. The van der Waals surface area contributed by atoms with Crippen molar-refractivity contribution in [2.45, 2.75) is 25.2 Å². The van der Waals surface area contributed by atoms with Gasteiger partial charge in [-0.2, -0.15) is 0 Å². The van der Waals surface area contributed by atoms with E-state index in [1.54, 1.807) is 11.3 Å². The van der Waals surface area contributed by atoms with Gasteiger partial charge in [0.2, 0.25) is 5.91 Å². The predicted molar refractivity (Wildman–Crippen MR) is 113 cm³/mol. The summed E-state index contributed by atoms with van der Waals surface area (Å²) in [6.45, 7) is 4.69. The first-order valence-electron chi connectivity index (χ1n) is 10.2. The Kier molecular flexibility index (Phi) is 3.77. The molecular formula is C23H22N2O3S. The lowest BCUT2D eigenvalue weighted by Gasteiger charge is -2.28. The number of amides is 1. The van der Waals surface area contributed by atoms with Crippen LogP contribution in [0.5, 0.6) is 5.75 Å². The lowest BCUT2D eigenvalue weighted by Crippen LogP contribution is -2.44. The summed E-state index contributed by atoms with van der Waals surface area (Å²) < 4.78 is 12.7. The maximum absolute atomic E-state index is 14.0. The summed E-state index contributed by atoms with van der Waals surface area (Å²) >= 11 is 1.67. The Labute approximate surface area is 173 Å². The third-order valence-corrected chi connectivity index (χ3v) is 7.48. The molecule has 0 aliphatic carbocycles. The number of carbonyl (C=O) groups is 1. The lowest BCUT2D eigenvalue weighted by molar-refractivity contribution is -0.122. The van der Waals surface area contributed by atoms with E-state index in [0.29, 0.717) is 12.5 Å². The number of nitrogens with zero attached hydrogens (tertiary/aromatic N) is 2. The number of hydrogen-bond acceptors (Lipinski definition) is 5. The Morgan fingerprint density at radius 1 is 1.21 bits per heavy atom. The average Bonchev–Trinajstić information content (AvgIpc) is 3.36. The molecule has 0 N–H and O–H groups in total. The van der Waals surface area contributed by atoms with Gasteiger partial charge >= 0.3 is 0 Å². The van der Waals surface area contributed by atoms with Gasteiger partial charge in [-0.05, 0) is 43.4 Å². The van der Waals surface area contributed by atoms with Crippen molar-refractivity contribution in [2.24, 2.45) is 5.92 Å². The summed E-state index contributed by atoms with van der Waals surface area (Å²) in [7, 11) is 0. The van der Waals surface area contributed by atoms with Crippen LogP contribution in [-0.2, 0) is 14.9 Å². The number of carbonyl (C=O) groups excluding carboxylic acids is 1. The molecule has 0 saturated carbocycles. The summed E-state index contributed by atoms with van der Waals surface area (Å²) in [4.78, 5) is 20.6. The standard InChI is InChI=1S/C23H22N2O3S/c1-14-24-18-11-20-17(10-21(18)29-14)23(13-28-20)16-4-2-3-5-19(16)25(22(23)26)12-15-6-8-27-9-7-15/h2-5,10-11,15H,6-9,12-13H2,1H3. The number of fused-ring (bicyclic) bond motifs is 5. The number of rotatable bonds is 2. The Bertz CT molecular complexity index is 1130. The van der Waals surface area contributed by atoms with Crippen molar-refractivity contribution in [1.82, 2.24) is 4.98 Å². The van der Waals surface area contributed by atoms with Crippen LogP contribution < -0.4 is 9.64 Å². The Morgan fingerprint density at radius 2 is 2.03 bits per heavy atom. The molecule has 6 rings (SSSR count). The van der Waals surface area contributed by atoms with Crippen LogP contribution in [0.2, 0.25) is 0 Å². The number of aryl methyl sites for hydroxylation is 1. The fraction of sp³-hybridized carbons (Fsp3) is 0.391. The van der Waals surface area contributed by atoms with Crippen molar-refractivity contribution in [2.75, 3.05) is 31.3 Å². The minimum Gasteiger partial charge on any atom is -0.491 e. The normalized spacial score (nSPS) is 23.6. The highest BCUT2D eigenvalue weighted by atomic mass is 32.1. The second-order valence-corrected chi connectivity index (χ2v) is 9.47. The largest absolute Gasteiger partial charge is 0.491 e. The molecule has 5 nitrogen and oxygen atoms in total. The topological polar surface area (TPSA) is 51.7 Å². The fourth-order valence-electron chi connectivity index (χ4n) is 5.08. The fourth-order valence-corrected chi connectivity index (χ4v) is 5.93. The zero-order valence-corrected chi connectivity index (χ0v) is 17.1. The smallest absolute Gasteiger partial charge is 0.245 e. The van der Waals surface area contributed by atoms with Crippen LogP contribution in [0.15, 0.2) is 36.4 Å². The highest BCUT2D eigenvalue weighted by Crippen LogP contribution is 2.53. The highest BCUT2D eigenvalue weighted by Gasteiger charge is 2.57. The lowest BCUT2D eigenvalue weighted by atomic mass is 9.77. The summed E-state index contributed by atoms with van der Waals surface area (Å²) in [6.07, 6.45) is 2.01. The summed E-state index contributed by atoms with van der Waals surface area (Å²) in [5.41, 5.74) is 3.28. The van der Waals surface area contributed by atoms with Crippen molar-refractivity contribution >= 4 is 33.1 Å². The summed E-state index contributed by atoms with van der Waals surface area (Å²) in [5, 5.41) is 1.03. The van der Waals surface area contributed by atoms with Crippen molar-refractivity contribution < 1.29 is 14.3 Å². The van der Waals surface area contributed by atoms with Gasteiger partial charge in [-0.1, -0.05) is 18.2 Å². The molecule has 1 saturated heterocycles. The molecule has 148 valence electrons. The van der Waals surface area contributed by atoms with E-state index in [4.69, 9.17) is 9.47 Å². The molecule has 29 heavy (non-hydrogen) atoms. The van der Waals surface area contributed by atoms with E-state index < -0.39 is 5.41 Å². The number of anilines is 1. The molecule has 1 unspecified atom stereocenters. The second kappa shape index (κ2) is 6.28. The molecule has 3 aromatic rings. The van der Waals surface area contributed by atoms with Crippen LogP contribution in [0.3, 0.4) is 0 Å². The average molecular weight is 407 g/mol. The summed E-state index contributed by atoms with van der Waals surface area (Å²) in [5.74, 6) is 1.41. The predicted octanol–water partition coefficient (Wildman–Crippen LogP) is 4.06. The monoisotopic (exact) mass is 406 g/mol. The van der Waals surface area contributed by atoms with Gasteiger partial charge in [-0.3, -0.25) is 4.79 Å². The van der Waals surface area contributed by atoms with Crippen LogP contribution in [-0.4, -0.2) is 37.3 Å². The van der Waals surface area contributed by atoms with Gasteiger partial charge in [0.05, 0.1) is 15.2 Å². The minimum atomic E-state index is -0.747. The number of para-hydroxylation sites is 1. The van der Waals surface area contributed by atoms with E-state index in [1.807, 2.05) is 30.0 Å². The molecule has 0 bridgehead atoms. The van der Waals surface area contributed by atoms with Crippen molar-refractivity contribution in [3.05, 3.63) is 52.5 Å². The second-order valence-electron chi connectivity index (χ2n) is 8.23. The molecule has 1 aromatic heterocycles. The molecule has 6 heteroatoms. The Hall–Kier alpha value is -2.44. The third kappa shape index (κ3) is 2.42. The number of aromatic nitrogens is 1. The van der Waals surface area contributed by atoms with Gasteiger partial charge in [-0.15, -0.1) is 11.3 Å². The van der Waals surface area contributed by atoms with Crippen LogP contribution in [0.1, 0.15) is 29.0 Å². The van der Waals surface area contributed by atoms with Gasteiger partial charge in [-0.25, -0.2) is 4.98 Å². The van der Waals surface area contributed by atoms with Gasteiger partial charge in [0.1, 0.15) is 17.8 Å². The van der Waals surface area contributed by atoms with E-state index in [1.165, 1.54) is 0 Å². The Balaban J connectivity index is 1.49. The van der Waals surface area contributed by atoms with Gasteiger partial charge < -0.3 is 14.4 Å². The molecule has 2 aromatic carbocycles. The number of ether oxygens (including phenoxy) is 2. The molecule has 1 atom stereocenters. The van der Waals surface area contributed by atoms with Crippen LogP contribution in [0.4, 0.5) is 5.69 Å². The zero-order valence-electron chi connectivity index (χ0n) is 16.3. The van der Waals surface area contributed by atoms with Crippen molar-refractivity contribution in [3.8, 4) is 5.75 Å². The van der Waals surface area contributed by atoms with Crippen LogP contribution in [0.25, 0.3) is 10.2 Å². The molecule has 1 amide bonds. The van der Waals surface area contributed by atoms with E-state index in [0.717, 1.165) is 70.4 Å². The van der Waals surface area contributed by atoms with Gasteiger partial charge in [0.25, 0.3) is 0 Å². The SMILES string of the molecule is Cc1nc2cc3c(cc2s1)C1(CO3)C(=O)N(CC2CCOCC2)c2ccccc21. The number of thiazole rings is 1. The molecule has 1 spiro atoms. The van der Waals surface area contributed by atoms with Crippen molar-refractivity contribution in [3.63, 3.8) is 0 Å². The zero-order chi connectivity index (χ0) is 19.6.